The monoisotopic (exact) mass is 452 g/mol. The van der Waals surface area contributed by atoms with E-state index in [4.69, 9.17) is 25.6 Å². The summed E-state index contributed by atoms with van der Waals surface area (Å²) in [5.41, 5.74) is 1.68. The van der Waals surface area contributed by atoms with Gasteiger partial charge < -0.3 is 14.0 Å². The molecule has 0 aliphatic carbocycles. The van der Waals surface area contributed by atoms with Gasteiger partial charge in [0.25, 0.3) is 5.89 Å². The lowest BCUT2D eigenvalue weighted by Crippen LogP contribution is -1.97. The van der Waals surface area contributed by atoms with Crippen molar-refractivity contribution in [1.82, 2.24) is 10.1 Å². The molecule has 0 spiro atoms. The Balaban J connectivity index is 1.89. The summed E-state index contributed by atoms with van der Waals surface area (Å²) < 4.78 is 17.0. The Morgan fingerprint density at radius 1 is 1.46 bits per heavy atom. The first kappa shape index (κ1) is 18.7. The highest BCUT2D eigenvalue weighted by atomic mass is 79.9. The van der Waals surface area contributed by atoms with Crippen LogP contribution in [-0.4, -0.2) is 23.9 Å². The minimum Gasteiger partial charge on any atom is -0.493 e. The molecule has 2 heterocycles. The van der Waals surface area contributed by atoms with Gasteiger partial charge in [-0.3, -0.25) is 0 Å². The molecule has 0 aliphatic heterocycles. The van der Waals surface area contributed by atoms with E-state index in [0.717, 1.165) is 15.6 Å². The predicted octanol–water partition coefficient (Wildman–Crippen LogP) is 5.87. The van der Waals surface area contributed by atoms with Crippen molar-refractivity contribution in [3.63, 3.8) is 0 Å². The highest BCUT2D eigenvalue weighted by Crippen LogP contribution is 2.38. The molecule has 5 nitrogen and oxygen atoms in total. The maximum Gasteiger partial charge on any atom is 0.269 e. The largest absolute Gasteiger partial charge is 0.493 e. The zero-order valence-electron chi connectivity index (χ0n) is 13.7. The molecule has 1 aromatic carbocycles. The topological polar surface area (TPSA) is 57.4 Å². The van der Waals surface area contributed by atoms with Crippen LogP contribution in [0.1, 0.15) is 11.5 Å². The molecule has 0 saturated carbocycles. The lowest BCUT2D eigenvalue weighted by atomic mass is 10.2. The molecular weight excluding hydrogens is 440 g/mol. The Bertz CT molecular complexity index is 938. The van der Waals surface area contributed by atoms with E-state index < -0.39 is 0 Å². The predicted molar refractivity (Wildman–Crippen MR) is 108 cm³/mol. The van der Waals surface area contributed by atoms with Crippen molar-refractivity contribution in [2.45, 2.75) is 0 Å². The first-order valence-electron chi connectivity index (χ1n) is 7.47. The smallest absolute Gasteiger partial charge is 0.269 e. The fraction of sp³-hybridized carbons (Fsp3) is 0.111. The third-order valence-electron chi connectivity index (χ3n) is 3.30. The number of nitrogens with zero attached hydrogens (tertiary/aromatic N) is 2. The fourth-order valence-electron chi connectivity index (χ4n) is 2.14. The molecule has 0 amide bonds. The number of halogens is 2. The lowest BCUT2D eigenvalue weighted by molar-refractivity contribution is 0.324. The van der Waals surface area contributed by atoms with Crippen LogP contribution in [0.25, 0.3) is 22.5 Å². The molecule has 0 atom stereocenters. The summed E-state index contributed by atoms with van der Waals surface area (Å²) in [6.45, 7) is 4.01. The first-order valence-corrected chi connectivity index (χ1v) is 9.59. The van der Waals surface area contributed by atoms with E-state index >= 15 is 0 Å². The molecule has 8 heteroatoms. The van der Waals surface area contributed by atoms with Gasteiger partial charge >= 0.3 is 0 Å². The van der Waals surface area contributed by atoms with Crippen molar-refractivity contribution < 1.29 is 14.0 Å². The van der Waals surface area contributed by atoms with Crippen LogP contribution in [0, 0.1) is 0 Å². The number of benzene rings is 1. The number of ether oxygens (including phenoxy) is 2. The van der Waals surface area contributed by atoms with E-state index in [9.17, 15) is 0 Å². The highest BCUT2D eigenvalue weighted by Gasteiger charge is 2.14. The maximum atomic E-state index is 6.35. The summed E-state index contributed by atoms with van der Waals surface area (Å²) in [6, 6.07) is 5.59. The maximum absolute atomic E-state index is 6.35. The van der Waals surface area contributed by atoms with Crippen molar-refractivity contribution in [3.05, 3.63) is 57.5 Å². The van der Waals surface area contributed by atoms with E-state index in [1.54, 1.807) is 30.6 Å². The highest BCUT2D eigenvalue weighted by molar-refractivity contribution is 9.10. The van der Waals surface area contributed by atoms with Gasteiger partial charge in [-0.2, -0.15) is 16.3 Å². The molecule has 0 fully saturated rings. The van der Waals surface area contributed by atoms with Gasteiger partial charge in [0, 0.05) is 10.9 Å². The number of rotatable bonds is 7. The summed E-state index contributed by atoms with van der Waals surface area (Å²) in [5.74, 6) is 1.91. The molecule has 3 rings (SSSR count). The molecule has 2 aromatic heterocycles. The van der Waals surface area contributed by atoms with Gasteiger partial charge in [-0.05, 0) is 51.1 Å². The molecule has 0 unspecified atom stereocenters. The second-order valence-electron chi connectivity index (χ2n) is 5.06. The zero-order chi connectivity index (χ0) is 18.5. The lowest BCUT2D eigenvalue weighted by Gasteiger charge is -2.12. The molecule has 0 radical (unpaired) electrons. The van der Waals surface area contributed by atoms with Crippen LogP contribution in [0.4, 0.5) is 0 Å². The Hall–Kier alpha value is -2.09. The van der Waals surface area contributed by atoms with E-state index in [2.05, 4.69) is 32.6 Å². The van der Waals surface area contributed by atoms with Crippen LogP contribution in [-0.2, 0) is 0 Å². The summed E-state index contributed by atoms with van der Waals surface area (Å²) in [5, 5.41) is 8.17. The average molecular weight is 454 g/mol. The standard InChI is InChI=1S/C18H14BrClN2O3S/c1-3-5-24-16-13(19)7-11(9-15(16)23-2)8-14(20)18-21-17(22-25-18)12-4-6-26-10-12/h3-4,6-10H,1,5H2,2H3/b14-8-. The van der Waals surface area contributed by atoms with Gasteiger partial charge in [0.2, 0.25) is 5.82 Å². The summed E-state index contributed by atoms with van der Waals surface area (Å²) in [4.78, 5) is 4.32. The summed E-state index contributed by atoms with van der Waals surface area (Å²) in [6.07, 6.45) is 3.38. The number of aromatic nitrogens is 2. The van der Waals surface area contributed by atoms with Crippen molar-refractivity contribution in [2.75, 3.05) is 13.7 Å². The van der Waals surface area contributed by atoms with Gasteiger partial charge in [0.15, 0.2) is 11.5 Å². The molecular formula is C18H14BrClN2O3S. The van der Waals surface area contributed by atoms with Crippen molar-refractivity contribution in [3.8, 4) is 22.9 Å². The Labute approximate surface area is 168 Å². The number of thiophene rings is 1. The van der Waals surface area contributed by atoms with Crippen molar-refractivity contribution >= 4 is 50.0 Å². The van der Waals surface area contributed by atoms with Crippen LogP contribution in [0.3, 0.4) is 0 Å². The second-order valence-corrected chi connectivity index (χ2v) is 7.10. The Morgan fingerprint density at radius 2 is 2.31 bits per heavy atom. The van der Waals surface area contributed by atoms with Crippen LogP contribution in [0.15, 0.2) is 50.6 Å². The molecule has 3 aromatic rings. The van der Waals surface area contributed by atoms with Crippen LogP contribution >= 0.6 is 38.9 Å². The molecule has 134 valence electrons. The number of hydrogen-bond donors (Lipinski definition) is 0. The van der Waals surface area contributed by atoms with Crippen LogP contribution < -0.4 is 9.47 Å². The average Bonchev–Trinajstić information content (AvgIpc) is 3.31. The van der Waals surface area contributed by atoms with Gasteiger partial charge in [-0.1, -0.05) is 29.4 Å². The van der Waals surface area contributed by atoms with Crippen LogP contribution in [0.2, 0.25) is 0 Å². The molecule has 0 saturated heterocycles. The quantitative estimate of drug-likeness (QED) is 0.419. The minimum atomic E-state index is 0.245. The Morgan fingerprint density at radius 3 is 3.00 bits per heavy atom. The molecule has 0 bridgehead atoms. The van der Waals surface area contributed by atoms with Crippen molar-refractivity contribution in [2.24, 2.45) is 0 Å². The van der Waals surface area contributed by atoms with Crippen molar-refractivity contribution in [1.29, 1.82) is 0 Å². The minimum absolute atomic E-state index is 0.245. The number of methoxy groups -OCH3 is 1. The van der Waals surface area contributed by atoms with Crippen LogP contribution in [0.5, 0.6) is 11.5 Å². The van der Waals surface area contributed by atoms with Gasteiger partial charge in [0.1, 0.15) is 11.6 Å². The Kier molecular flexibility index (Phi) is 6.13. The van der Waals surface area contributed by atoms with Gasteiger partial charge in [-0.15, -0.1) is 0 Å². The van der Waals surface area contributed by atoms with E-state index in [-0.39, 0.29) is 5.89 Å². The summed E-state index contributed by atoms with van der Waals surface area (Å²) in [7, 11) is 1.57. The number of hydrogen-bond acceptors (Lipinski definition) is 6. The SMILES string of the molecule is C=CCOc1c(Br)cc(/C=C(\Cl)c2nc(-c3ccsc3)no2)cc1OC. The fourth-order valence-corrected chi connectivity index (χ4v) is 3.55. The zero-order valence-corrected chi connectivity index (χ0v) is 16.9. The van der Waals surface area contributed by atoms with Gasteiger partial charge in [0.05, 0.1) is 11.6 Å². The normalized spacial score (nSPS) is 11.4. The molecule has 0 aliphatic rings. The van der Waals surface area contributed by atoms with E-state index in [0.29, 0.717) is 29.0 Å². The first-order chi connectivity index (χ1) is 12.6. The third kappa shape index (κ3) is 4.17. The van der Waals surface area contributed by atoms with Gasteiger partial charge in [-0.25, -0.2) is 0 Å². The molecule has 26 heavy (non-hydrogen) atoms. The third-order valence-corrected chi connectivity index (χ3v) is 4.84. The summed E-state index contributed by atoms with van der Waals surface area (Å²) >= 11 is 11.4. The molecule has 0 N–H and O–H groups in total. The second kappa shape index (κ2) is 8.53. The van der Waals surface area contributed by atoms with E-state index in [1.165, 1.54) is 0 Å². The van der Waals surface area contributed by atoms with E-state index in [1.807, 2.05) is 29.0 Å².